The second-order valence-corrected chi connectivity index (χ2v) is 5.89. The summed E-state index contributed by atoms with van der Waals surface area (Å²) < 4.78 is 10.5. The van der Waals surface area contributed by atoms with E-state index in [1.165, 1.54) is 13.8 Å². The number of carbonyl (C=O) groups excluding carboxylic acids is 2. The third-order valence-electron chi connectivity index (χ3n) is 4.06. The van der Waals surface area contributed by atoms with Gasteiger partial charge in [-0.15, -0.1) is 0 Å². The van der Waals surface area contributed by atoms with Crippen molar-refractivity contribution >= 4 is 17.6 Å². The standard InChI is InChI=1S/C20H20N2O4/c1-13(23)22-19(15-7-5-4-6-8-15)12-18(21-22)17-10-9-16(25-3)11-20(17)26-14(2)24/h4-12,19,21H,1-3H3/t19-/m0/s1. The van der Waals surface area contributed by atoms with E-state index in [4.69, 9.17) is 9.47 Å². The molecule has 1 amide bonds. The zero-order valence-electron chi connectivity index (χ0n) is 14.9. The summed E-state index contributed by atoms with van der Waals surface area (Å²) in [5.74, 6) is 0.397. The van der Waals surface area contributed by atoms with Crippen molar-refractivity contribution in [2.24, 2.45) is 0 Å². The summed E-state index contributed by atoms with van der Waals surface area (Å²) in [6, 6.07) is 14.7. The van der Waals surface area contributed by atoms with Crippen LogP contribution in [0.25, 0.3) is 5.70 Å². The Kier molecular flexibility index (Phi) is 4.93. The molecule has 0 radical (unpaired) electrons. The van der Waals surface area contributed by atoms with Crippen LogP contribution >= 0.6 is 0 Å². The number of rotatable bonds is 4. The first-order valence-electron chi connectivity index (χ1n) is 8.19. The smallest absolute Gasteiger partial charge is 0.308 e. The number of methoxy groups -OCH3 is 1. The van der Waals surface area contributed by atoms with Crippen molar-refractivity contribution in [2.75, 3.05) is 7.11 Å². The highest BCUT2D eigenvalue weighted by Gasteiger charge is 2.30. The Morgan fingerprint density at radius 1 is 1.08 bits per heavy atom. The van der Waals surface area contributed by atoms with E-state index in [9.17, 15) is 9.59 Å². The van der Waals surface area contributed by atoms with E-state index < -0.39 is 5.97 Å². The van der Waals surface area contributed by atoms with Crippen molar-refractivity contribution in [2.45, 2.75) is 19.9 Å². The van der Waals surface area contributed by atoms with Gasteiger partial charge in [0.1, 0.15) is 11.5 Å². The molecule has 0 saturated carbocycles. The summed E-state index contributed by atoms with van der Waals surface area (Å²) >= 11 is 0. The molecule has 0 unspecified atom stereocenters. The Bertz CT molecular complexity index is 861. The molecule has 1 atom stereocenters. The molecule has 6 nitrogen and oxygen atoms in total. The lowest BCUT2D eigenvalue weighted by molar-refractivity contribution is -0.133. The molecule has 2 aromatic rings. The van der Waals surface area contributed by atoms with Gasteiger partial charge in [0, 0.05) is 25.5 Å². The fraction of sp³-hybridized carbons (Fsp3) is 0.200. The minimum absolute atomic E-state index is 0.118. The van der Waals surface area contributed by atoms with Crippen LogP contribution < -0.4 is 14.9 Å². The molecule has 0 bridgehead atoms. The number of nitrogens with one attached hydrogen (secondary N) is 1. The average Bonchev–Trinajstić information content (AvgIpc) is 3.07. The predicted molar refractivity (Wildman–Crippen MR) is 97.1 cm³/mol. The van der Waals surface area contributed by atoms with Crippen LogP contribution in [0.1, 0.15) is 31.0 Å². The number of amides is 1. The molecule has 0 aliphatic carbocycles. The molecule has 1 N–H and O–H groups in total. The zero-order chi connectivity index (χ0) is 18.7. The molecule has 1 aliphatic heterocycles. The van der Waals surface area contributed by atoms with Crippen LogP contribution in [0.5, 0.6) is 11.5 Å². The van der Waals surface area contributed by atoms with Crippen LogP contribution in [0.15, 0.2) is 54.6 Å². The lowest BCUT2D eigenvalue weighted by atomic mass is 10.0. The van der Waals surface area contributed by atoms with Crippen LogP contribution in [0.3, 0.4) is 0 Å². The van der Waals surface area contributed by atoms with Gasteiger partial charge >= 0.3 is 5.97 Å². The lowest BCUT2D eigenvalue weighted by Gasteiger charge is -2.24. The quantitative estimate of drug-likeness (QED) is 0.677. The van der Waals surface area contributed by atoms with E-state index in [0.29, 0.717) is 22.8 Å². The first-order valence-corrected chi connectivity index (χ1v) is 8.19. The molecule has 0 spiro atoms. The van der Waals surface area contributed by atoms with Gasteiger partial charge < -0.3 is 9.47 Å². The Balaban J connectivity index is 2.03. The number of hydrogen-bond acceptors (Lipinski definition) is 5. The summed E-state index contributed by atoms with van der Waals surface area (Å²) in [4.78, 5) is 23.6. The summed E-state index contributed by atoms with van der Waals surface area (Å²) in [7, 11) is 1.54. The molecule has 134 valence electrons. The molecule has 0 saturated heterocycles. The normalized spacial score (nSPS) is 15.9. The first-order chi connectivity index (χ1) is 12.5. The van der Waals surface area contributed by atoms with Crippen molar-refractivity contribution < 1.29 is 19.1 Å². The second kappa shape index (κ2) is 7.31. The van der Waals surface area contributed by atoms with Gasteiger partial charge in [-0.1, -0.05) is 30.3 Å². The van der Waals surface area contributed by atoms with E-state index >= 15 is 0 Å². The molecule has 0 aromatic heterocycles. The van der Waals surface area contributed by atoms with Gasteiger partial charge in [0.15, 0.2) is 0 Å². The number of hydrogen-bond donors (Lipinski definition) is 1. The Labute approximate surface area is 152 Å². The first kappa shape index (κ1) is 17.5. The highest BCUT2D eigenvalue weighted by atomic mass is 16.5. The maximum atomic E-state index is 12.1. The minimum atomic E-state index is -0.430. The van der Waals surface area contributed by atoms with Gasteiger partial charge in [-0.05, 0) is 23.8 Å². The number of ether oxygens (including phenoxy) is 2. The van der Waals surface area contributed by atoms with E-state index in [2.05, 4.69) is 5.43 Å². The molecule has 6 heteroatoms. The molecule has 2 aromatic carbocycles. The lowest BCUT2D eigenvalue weighted by Crippen LogP contribution is -2.37. The minimum Gasteiger partial charge on any atom is -0.497 e. The second-order valence-electron chi connectivity index (χ2n) is 5.89. The van der Waals surface area contributed by atoms with Gasteiger partial charge in [-0.3, -0.25) is 15.0 Å². The molecule has 1 heterocycles. The zero-order valence-corrected chi connectivity index (χ0v) is 14.9. The molecular weight excluding hydrogens is 332 g/mol. The van der Waals surface area contributed by atoms with E-state index in [1.54, 1.807) is 30.3 Å². The molecular formula is C20H20N2O4. The summed E-state index contributed by atoms with van der Waals surface area (Å²) in [5, 5.41) is 1.55. The topological polar surface area (TPSA) is 67.9 Å². The van der Waals surface area contributed by atoms with Crippen LogP contribution in [-0.4, -0.2) is 24.0 Å². The number of hydrazine groups is 1. The molecule has 26 heavy (non-hydrogen) atoms. The molecule has 3 rings (SSSR count). The van der Waals surface area contributed by atoms with E-state index in [0.717, 1.165) is 5.56 Å². The van der Waals surface area contributed by atoms with Crippen molar-refractivity contribution in [1.82, 2.24) is 10.4 Å². The van der Waals surface area contributed by atoms with Crippen molar-refractivity contribution in [3.8, 4) is 11.5 Å². The predicted octanol–water partition coefficient (Wildman–Crippen LogP) is 3.07. The van der Waals surface area contributed by atoms with Crippen molar-refractivity contribution in [3.05, 3.63) is 65.7 Å². The SMILES string of the molecule is COc1ccc(C2=C[C@@H](c3ccccc3)N(C(C)=O)N2)c(OC(C)=O)c1. The highest BCUT2D eigenvalue weighted by molar-refractivity contribution is 5.81. The largest absolute Gasteiger partial charge is 0.497 e. The fourth-order valence-corrected chi connectivity index (χ4v) is 2.88. The van der Waals surface area contributed by atoms with Gasteiger partial charge in [0.25, 0.3) is 0 Å². The van der Waals surface area contributed by atoms with Crippen molar-refractivity contribution in [1.29, 1.82) is 0 Å². The van der Waals surface area contributed by atoms with E-state index in [-0.39, 0.29) is 11.9 Å². The summed E-state index contributed by atoms with van der Waals surface area (Å²) in [6.07, 6.45) is 1.94. The number of esters is 1. The number of nitrogens with zero attached hydrogens (tertiary/aromatic N) is 1. The maximum absolute atomic E-state index is 12.1. The monoisotopic (exact) mass is 352 g/mol. The third-order valence-corrected chi connectivity index (χ3v) is 4.06. The summed E-state index contributed by atoms with van der Waals surface area (Å²) in [5.41, 5.74) is 5.46. The van der Waals surface area contributed by atoms with Crippen molar-refractivity contribution in [3.63, 3.8) is 0 Å². The summed E-state index contributed by atoms with van der Waals surface area (Å²) in [6.45, 7) is 2.84. The third kappa shape index (κ3) is 3.54. The van der Waals surface area contributed by atoms with Crippen LogP contribution in [-0.2, 0) is 9.59 Å². The average molecular weight is 352 g/mol. The molecule has 1 aliphatic rings. The highest BCUT2D eigenvalue weighted by Crippen LogP contribution is 2.36. The number of benzene rings is 2. The van der Waals surface area contributed by atoms with Gasteiger partial charge in [0.2, 0.25) is 5.91 Å². The van der Waals surface area contributed by atoms with Crippen LogP contribution in [0.4, 0.5) is 0 Å². The Morgan fingerprint density at radius 2 is 1.81 bits per heavy atom. The van der Waals surface area contributed by atoms with Crippen LogP contribution in [0, 0.1) is 0 Å². The fourth-order valence-electron chi connectivity index (χ4n) is 2.88. The van der Waals surface area contributed by atoms with Crippen LogP contribution in [0.2, 0.25) is 0 Å². The molecule has 0 fully saturated rings. The Morgan fingerprint density at radius 3 is 2.42 bits per heavy atom. The maximum Gasteiger partial charge on any atom is 0.308 e. The number of carbonyl (C=O) groups is 2. The Hall–Kier alpha value is -3.28. The van der Waals surface area contributed by atoms with E-state index in [1.807, 2.05) is 36.4 Å². The van der Waals surface area contributed by atoms with Gasteiger partial charge in [-0.2, -0.15) is 0 Å². The van der Waals surface area contributed by atoms with Gasteiger partial charge in [-0.25, -0.2) is 5.01 Å². The van der Waals surface area contributed by atoms with Gasteiger partial charge in [0.05, 0.1) is 18.8 Å².